The van der Waals surface area contributed by atoms with Gasteiger partial charge in [0.15, 0.2) is 0 Å². The zero-order valence-electron chi connectivity index (χ0n) is 10.1. The molecule has 4 nitrogen and oxygen atoms in total. The summed E-state index contributed by atoms with van der Waals surface area (Å²) in [5.74, 6) is 0. The lowest BCUT2D eigenvalue weighted by molar-refractivity contribution is -0.137. The minimum Gasteiger partial charge on any atom is -0.397 e. The molecule has 0 aliphatic heterocycles. The van der Waals surface area contributed by atoms with Gasteiger partial charge in [0.05, 0.1) is 34.8 Å². The molecule has 1 aromatic heterocycles. The molecule has 0 unspecified atom stereocenters. The monoisotopic (exact) mass is 278 g/mol. The highest BCUT2D eigenvalue weighted by molar-refractivity contribution is 5.64. The molecule has 2 rings (SSSR count). The molecule has 2 aromatic rings. The summed E-state index contributed by atoms with van der Waals surface area (Å²) in [6.45, 7) is 0. The van der Waals surface area contributed by atoms with E-state index in [-0.39, 0.29) is 5.69 Å². The Bertz CT molecular complexity index is 674. The Balaban J connectivity index is 2.37. The fourth-order valence-electron chi connectivity index (χ4n) is 1.65. The molecular formula is C13H9F3N4. The van der Waals surface area contributed by atoms with E-state index in [1.807, 2.05) is 0 Å². The van der Waals surface area contributed by atoms with Crippen LogP contribution in [0, 0.1) is 11.3 Å². The molecule has 0 saturated heterocycles. The summed E-state index contributed by atoms with van der Waals surface area (Å²) in [6.07, 6.45) is -1.73. The van der Waals surface area contributed by atoms with Crippen LogP contribution in [-0.4, -0.2) is 4.98 Å². The van der Waals surface area contributed by atoms with E-state index >= 15 is 0 Å². The second-order valence-electron chi connectivity index (χ2n) is 4.00. The second kappa shape index (κ2) is 5.09. The molecular weight excluding hydrogens is 269 g/mol. The van der Waals surface area contributed by atoms with Crippen LogP contribution in [0.3, 0.4) is 0 Å². The SMILES string of the molecule is N#Cc1ccc(Nc2cncc(N)c2)cc1C(F)(F)F. The van der Waals surface area contributed by atoms with Crippen LogP contribution in [0.15, 0.2) is 36.7 Å². The Kier molecular flexibility index (Phi) is 3.48. The molecule has 0 fully saturated rings. The van der Waals surface area contributed by atoms with Gasteiger partial charge in [0.1, 0.15) is 0 Å². The van der Waals surface area contributed by atoms with E-state index in [4.69, 9.17) is 11.0 Å². The molecule has 0 atom stereocenters. The third-order valence-electron chi connectivity index (χ3n) is 2.49. The Hall–Kier alpha value is -2.75. The van der Waals surface area contributed by atoms with Crippen molar-refractivity contribution in [1.82, 2.24) is 4.98 Å². The highest BCUT2D eigenvalue weighted by Crippen LogP contribution is 2.34. The Morgan fingerprint density at radius 2 is 1.90 bits per heavy atom. The molecule has 102 valence electrons. The van der Waals surface area contributed by atoms with Gasteiger partial charge >= 0.3 is 6.18 Å². The van der Waals surface area contributed by atoms with Crippen LogP contribution in [-0.2, 0) is 6.18 Å². The number of alkyl halides is 3. The van der Waals surface area contributed by atoms with Crippen molar-refractivity contribution in [3.05, 3.63) is 47.8 Å². The fraction of sp³-hybridized carbons (Fsp3) is 0.0769. The van der Waals surface area contributed by atoms with Crippen molar-refractivity contribution >= 4 is 17.1 Å². The highest BCUT2D eigenvalue weighted by atomic mass is 19.4. The number of nitrogens with zero attached hydrogens (tertiary/aromatic N) is 2. The first-order valence-electron chi connectivity index (χ1n) is 5.49. The largest absolute Gasteiger partial charge is 0.417 e. The van der Waals surface area contributed by atoms with E-state index in [0.29, 0.717) is 11.4 Å². The Morgan fingerprint density at radius 3 is 2.50 bits per heavy atom. The van der Waals surface area contributed by atoms with Gasteiger partial charge in [-0.3, -0.25) is 4.98 Å². The first-order valence-corrected chi connectivity index (χ1v) is 5.49. The lowest BCUT2D eigenvalue weighted by Crippen LogP contribution is -2.08. The van der Waals surface area contributed by atoms with Crippen molar-refractivity contribution < 1.29 is 13.2 Å². The molecule has 0 aliphatic rings. The number of hydrogen-bond acceptors (Lipinski definition) is 4. The molecule has 1 aromatic carbocycles. The predicted molar refractivity (Wildman–Crippen MR) is 68.1 cm³/mol. The van der Waals surface area contributed by atoms with Gasteiger partial charge in [0, 0.05) is 11.9 Å². The molecule has 0 bridgehead atoms. The van der Waals surface area contributed by atoms with Gasteiger partial charge in [-0.05, 0) is 24.3 Å². The number of benzene rings is 1. The van der Waals surface area contributed by atoms with Crippen LogP contribution >= 0.6 is 0 Å². The van der Waals surface area contributed by atoms with Gasteiger partial charge in [-0.2, -0.15) is 18.4 Å². The summed E-state index contributed by atoms with van der Waals surface area (Å²) in [5, 5.41) is 11.5. The molecule has 0 radical (unpaired) electrons. The molecule has 0 amide bonds. The van der Waals surface area contributed by atoms with Crippen LogP contribution < -0.4 is 11.1 Å². The zero-order chi connectivity index (χ0) is 14.8. The van der Waals surface area contributed by atoms with Gasteiger partial charge in [-0.15, -0.1) is 0 Å². The van der Waals surface area contributed by atoms with Crippen LogP contribution in [0.5, 0.6) is 0 Å². The smallest absolute Gasteiger partial charge is 0.397 e. The maximum absolute atomic E-state index is 12.8. The molecule has 0 spiro atoms. The first kappa shape index (κ1) is 13.7. The van der Waals surface area contributed by atoms with E-state index < -0.39 is 17.3 Å². The van der Waals surface area contributed by atoms with E-state index in [1.54, 1.807) is 6.07 Å². The molecule has 20 heavy (non-hydrogen) atoms. The summed E-state index contributed by atoms with van der Waals surface area (Å²) in [6, 6.07) is 6.44. The van der Waals surface area contributed by atoms with Gasteiger partial charge < -0.3 is 11.1 Å². The third kappa shape index (κ3) is 2.98. The Morgan fingerprint density at radius 1 is 1.15 bits per heavy atom. The maximum atomic E-state index is 12.8. The van der Waals surface area contributed by atoms with Crippen molar-refractivity contribution in [3.8, 4) is 6.07 Å². The number of rotatable bonds is 2. The number of nitrogens with two attached hydrogens (primary N) is 1. The van der Waals surface area contributed by atoms with Crippen molar-refractivity contribution in [2.75, 3.05) is 11.1 Å². The van der Waals surface area contributed by atoms with Crippen molar-refractivity contribution in [3.63, 3.8) is 0 Å². The summed E-state index contributed by atoms with van der Waals surface area (Å²) in [7, 11) is 0. The Labute approximate surface area is 112 Å². The average Bonchev–Trinajstić information content (AvgIpc) is 2.37. The van der Waals surface area contributed by atoms with Gasteiger partial charge in [-0.25, -0.2) is 0 Å². The van der Waals surface area contributed by atoms with Gasteiger partial charge in [-0.1, -0.05) is 0 Å². The maximum Gasteiger partial charge on any atom is 0.417 e. The third-order valence-corrected chi connectivity index (χ3v) is 2.49. The van der Waals surface area contributed by atoms with Crippen molar-refractivity contribution in [1.29, 1.82) is 5.26 Å². The number of nitrogen functional groups attached to an aromatic ring is 1. The molecule has 1 heterocycles. The number of hydrogen-bond donors (Lipinski definition) is 2. The van der Waals surface area contributed by atoms with Crippen molar-refractivity contribution in [2.24, 2.45) is 0 Å². The van der Waals surface area contributed by atoms with Crippen LogP contribution in [0.4, 0.5) is 30.2 Å². The lowest BCUT2D eigenvalue weighted by atomic mass is 10.1. The quantitative estimate of drug-likeness (QED) is 0.883. The van der Waals surface area contributed by atoms with Gasteiger partial charge in [0.25, 0.3) is 0 Å². The molecule has 3 N–H and O–H groups in total. The standard InChI is InChI=1S/C13H9F3N4/c14-13(15,16)12-4-10(2-1-8(12)5-17)20-11-3-9(18)6-19-7-11/h1-4,6-7,20H,18H2. The van der Waals surface area contributed by atoms with Crippen molar-refractivity contribution in [2.45, 2.75) is 6.18 Å². The molecule has 0 saturated carbocycles. The number of aromatic nitrogens is 1. The number of nitrogens with one attached hydrogen (secondary N) is 1. The highest BCUT2D eigenvalue weighted by Gasteiger charge is 2.33. The summed E-state index contributed by atoms with van der Waals surface area (Å²) in [4.78, 5) is 3.82. The number of anilines is 3. The molecule has 0 aliphatic carbocycles. The average molecular weight is 278 g/mol. The van der Waals surface area contributed by atoms with E-state index in [2.05, 4.69) is 10.3 Å². The minimum atomic E-state index is -4.59. The fourth-order valence-corrected chi connectivity index (χ4v) is 1.65. The summed E-state index contributed by atoms with van der Waals surface area (Å²) < 4.78 is 38.4. The van der Waals surface area contributed by atoms with E-state index in [0.717, 1.165) is 12.1 Å². The van der Waals surface area contributed by atoms with E-state index in [9.17, 15) is 13.2 Å². The van der Waals surface area contributed by atoms with Crippen LogP contribution in [0.2, 0.25) is 0 Å². The van der Waals surface area contributed by atoms with Crippen LogP contribution in [0.1, 0.15) is 11.1 Å². The van der Waals surface area contributed by atoms with Crippen LogP contribution in [0.25, 0.3) is 0 Å². The van der Waals surface area contributed by atoms with Gasteiger partial charge in [0.2, 0.25) is 0 Å². The summed E-state index contributed by atoms with van der Waals surface area (Å²) in [5.41, 5.74) is 5.17. The summed E-state index contributed by atoms with van der Waals surface area (Å²) >= 11 is 0. The topological polar surface area (TPSA) is 74.7 Å². The zero-order valence-corrected chi connectivity index (χ0v) is 10.1. The second-order valence-corrected chi connectivity index (χ2v) is 4.00. The first-order chi connectivity index (χ1) is 9.40. The normalized spacial score (nSPS) is 10.9. The minimum absolute atomic E-state index is 0.198. The predicted octanol–water partition coefficient (Wildman–Crippen LogP) is 3.30. The van der Waals surface area contributed by atoms with E-state index in [1.165, 1.54) is 24.5 Å². The number of pyridine rings is 1. The lowest BCUT2D eigenvalue weighted by Gasteiger charge is -2.12. The molecule has 7 heteroatoms. The number of halogens is 3. The number of nitriles is 1.